The SMILES string of the molecule is CCc1ccccc1NC(=O)CNC(C)C. The number of rotatable bonds is 5. The number of nitrogens with one attached hydrogen (secondary N) is 2. The molecule has 0 radical (unpaired) electrons. The van der Waals surface area contributed by atoms with Gasteiger partial charge in [-0.05, 0) is 18.1 Å². The van der Waals surface area contributed by atoms with Gasteiger partial charge in [0.1, 0.15) is 0 Å². The minimum Gasteiger partial charge on any atom is -0.325 e. The average molecular weight is 220 g/mol. The van der Waals surface area contributed by atoms with E-state index in [1.54, 1.807) is 0 Å². The highest BCUT2D eigenvalue weighted by Gasteiger charge is 2.05. The maximum Gasteiger partial charge on any atom is 0.238 e. The van der Waals surface area contributed by atoms with Crippen LogP contribution in [0.3, 0.4) is 0 Å². The molecule has 3 nitrogen and oxygen atoms in total. The van der Waals surface area contributed by atoms with Gasteiger partial charge in [0.2, 0.25) is 5.91 Å². The monoisotopic (exact) mass is 220 g/mol. The number of anilines is 1. The van der Waals surface area contributed by atoms with Gasteiger partial charge in [-0.1, -0.05) is 39.0 Å². The van der Waals surface area contributed by atoms with E-state index in [0.717, 1.165) is 12.1 Å². The van der Waals surface area contributed by atoms with E-state index in [2.05, 4.69) is 17.6 Å². The van der Waals surface area contributed by atoms with E-state index in [-0.39, 0.29) is 5.91 Å². The van der Waals surface area contributed by atoms with E-state index in [4.69, 9.17) is 0 Å². The number of benzene rings is 1. The van der Waals surface area contributed by atoms with Crippen LogP contribution < -0.4 is 10.6 Å². The van der Waals surface area contributed by atoms with Gasteiger partial charge in [0.25, 0.3) is 0 Å². The number of para-hydroxylation sites is 1. The van der Waals surface area contributed by atoms with Crippen molar-refractivity contribution in [3.63, 3.8) is 0 Å². The number of amides is 1. The molecule has 0 spiro atoms. The zero-order valence-corrected chi connectivity index (χ0v) is 10.2. The summed E-state index contributed by atoms with van der Waals surface area (Å²) in [5.41, 5.74) is 2.08. The predicted molar refractivity (Wildman–Crippen MR) is 67.6 cm³/mol. The first-order valence-corrected chi connectivity index (χ1v) is 5.74. The van der Waals surface area contributed by atoms with Crippen LogP contribution in [0.2, 0.25) is 0 Å². The molecule has 0 unspecified atom stereocenters. The van der Waals surface area contributed by atoms with Gasteiger partial charge in [0.05, 0.1) is 6.54 Å². The molecule has 0 aliphatic rings. The molecule has 2 N–H and O–H groups in total. The maximum atomic E-state index is 11.6. The lowest BCUT2D eigenvalue weighted by Crippen LogP contribution is -2.32. The molecule has 1 amide bonds. The summed E-state index contributed by atoms with van der Waals surface area (Å²) < 4.78 is 0. The summed E-state index contributed by atoms with van der Waals surface area (Å²) in [5.74, 6) is 0.00889. The smallest absolute Gasteiger partial charge is 0.238 e. The summed E-state index contributed by atoms with van der Waals surface area (Å²) in [4.78, 5) is 11.6. The van der Waals surface area contributed by atoms with E-state index >= 15 is 0 Å². The quantitative estimate of drug-likeness (QED) is 0.798. The summed E-state index contributed by atoms with van der Waals surface area (Å²) in [6.07, 6.45) is 0.925. The van der Waals surface area contributed by atoms with E-state index in [9.17, 15) is 4.79 Å². The summed E-state index contributed by atoms with van der Waals surface area (Å²) in [7, 11) is 0. The van der Waals surface area contributed by atoms with Gasteiger partial charge in [-0.2, -0.15) is 0 Å². The van der Waals surface area contributed by atoms with Crippen LogP contribution in [-0.4, -0.2) is 18.5 Å². The molecule has 0 aliphatic carbocycles. The predicted octanol–water partition coefficient (Wildman–Crippen LogP) is 2.19. The van der Waals surface area contributed by atoms with Crippen molar-refractivity contribution < 1.29 is 4.79 Å². The van der Waals surface area contributed by atoms with Crippen molar-refractivity contribution in [1.29, 1.82) is 0 Å². The first kappa shape index (κ1) is 12.7. The Morgan fingerprint density at radius 1 is 1.31 bits per heavy atom. The zero-order chi connectivity index (χ0) is 12.0. The van der Waals surface area contributed by atoms with Gasteiger partial charge in [-0.3, -0.25) is 4.79 Å². The van der Waals surface area contributed by atoms with Gasteiger partial charge in [0.15, 0.2) is 0 Å². The normalized spacial score (nSPS) is 10.5. The summed E-state index contributed by atoms with van der Waals surface area (Å²) >= 11 is 0. The van der Waals surface area contributed by atoms with Gasteiger partial charge >= 0.3 is 0 Å². The Hall–Kier alpha value is -1.35. The fourth-order valence-electron chi connectivity index (χ4n) is 1.44. The van der Waals surface area contributed by atoms with E-state index < -0.39 is 0 Å². The highest BCUT2D eigenvalue weighted by Crippen LogP contribution is 2.14. The molecule has 1 aromatic rings. The van der Waals surface area contributed by atoms with E-state index in [1.807, 2.05) is 38.1 Å². The Bertz CT molecular complexity index is 348. The third-order valence-electron chi connectivity index (χ3n) is 2.34. The molecule has 0 aliphatic heterocycles. The summed E-state index contributed by atoms with van der Waals surface area (Å²) in [6, 6.07) is 8.22. The molecular formula is C13H20N2O. The van der Waals surface area contributed by atoms with E-state index in [1.165, 1.54) is 5.56 Å². The Kier molecular flexibility index (Phi) is 4.99. The molecule has 0 heterocycles. The largest absolute Gasteiger partial charge is 0.325 e. The second-order valence-corrected chi connectivity index (χ2v) is 4.09. The maximum absolute atomic E-state index is 11.6. The van der Waals surface area contributed by atoms with Crippen LogP contribution in [0, 0.1) is 0 Å². The second-order valence-electron chi connectivity index (χ2n) is 4.09. The van der Waals surface area contributed by atoms with Crippen LogP contribution in [0.5, 0.6) is 0 Å². The molecule has 0 saturated carbocycles. The van der Waals surface area contributed by atoms with Crippen molar-refractivity contribution in [1.82, 2.24) is 5.32 Å². The number of carbonyl (C=O) groups is 1. The average Bonchev–Trinajstić information content (AvgIpc) is 2.27. The standard InChI is InChI=1S/C13H20N2O/c1-4-11-7-5-6-8-12(11)15-13(16)9-14-10(2)3/h5-8,10,14H,4,9H2,1-3H3,(H,15,16). The minimum atomic E-state index is 0.00889. The lowest BCUT2D eigenvalue weighted by atomic mass is 10.1. The van der Waals surface area contributed by atoms with E-state index in [0.29, 0.717) is 12.6 Å². The molecule has 0 aromatic heterocycles. The van der Waals surface area contributed by atoms with Crippen LogP contribution in [0.15, 0.2) is 24.3 Å². The van der Waals surface area contributed by atoms with Crippen molar-refractivity contribution in [2.75, 3.05) is 11.9 Å². The Morgan fingerprint density at radius 3 is 2.62 bits per heavy atom. The molecular weight excluding hydrogens is 200 g/mol. The van der Waals surface area contributed by atoms with Crippen molar-refractivity contribution in [2.45, 2.75) is 33.2 Å². The molecule has 0 fully saturated rings. The zero-order valence-electron chi connectivity index (χ0n) is 10.2. The third-order valence-corrected chi connectivity index (χ3v) is 2.34. The number of hydrogen-bond donors (Lipinski definition) is 2. The van der Waals surface area contributed by atoms with Crippen LogP contribution in [-0.2, 0) is 11.2 Å². The Morgan fingerprint density at radius 2 is 2.00 bits per heavy atom. The van der Waals surface area contributed by atoms with Crippen LogP contribution in [0.4, 0.5) is 5.69 Å². The third kappa shape index (κ3) is 4.03. The molecule has 0 atom stereocenters. The fraction of sp³-hybridized carbons (Fsp3) is 0.462. The van der Waals surface area contributed by atoms with Crippen molar-refractivity contribution in [3.05, 3.63) is 29.8 Å². The number of hydrogen-bond acceptors (Lipinski definition) is 2. The molecule has 0 saturated heterocycles. The lowest BCUT2D eigenvalue weighted by Gasteiger charge is -2.11. The topological polar surface area (TPSA) is 41.1 Å². The van der Waals surface area contributed by atoms with Crippen LogP contribution in [0.1, 0.15) is 26.3 Å². The van der Waals surface area contributed by atoms with Gasteiger partial charge in [-0.25, -0.2) is 0 Å². The van der Waals surface area contributed by atoms with Crippen molar-refractivity contribution in [2.24, 2.45) is 0 Å². The van der Waals surface area contributed by atoms with Crippen molar-refractivity contribution >= 4 is 11.6 Å². The highest BCUT2D eigenvalue weighted by atomic mass is 16.1. The number of aryl methyl sites for hydroxylation is 1. The van der Waals surface area contributed by atoms with Crippen molar-refractivity contribution in [3.8, 4) is 0 Å². The molecule has 1 rings (SSSR count). The second kappa shape index (κ2) is 6.28. The van der Waals surface area contributed by atoms with Gasteiger partial charge in [0, 0.05) is 11.7 Å². The van der Waals surface area contributed by atoms with Gasteiger partial charge < -0.3 is 10.6 Å². The number of carbonyl (C=O) groups excluding carboxylic acids is 1. The van der Waals surface area contributed by atoms with Crippen LogP contribution >= 0.6 is 0 Å². The molecule has 88 valence electrons. The summed E-state index contributed by atoms with van der Waals surface area (Å²) in [6.45, 7) is 6.48. The minimum absolute atomic E-state index is 0.00889. The molecule has 1 aromatic carbocycles. The first-order chi connectivity index (χ1) is 7.63. The summed E-state index contributed by atoms with van der Waals surface area (Å²) in [5, 5.41) is 6.01. The molecule has 16 heavy (non-hydrogen) atoms. The highest BCUT2D eigenvalue weighted by molar-refractivity contribution is 5.92. The Labute approximate surface area is 97.2 Å². The van der Waals surface area contributed by atoms with Crippen LogP contribution in [0.25, 0.3) is 0 Å². The molecule has 0 bridgehead atoms. The Balaban J connectivity index is 2.55. The fourth-order valence-corrected chi connectivity index (χ4v) is 1.44. The lowest BCUT2D eigenvalue weighted by molar-refractivity contribution is -0.115. The van der Waals surface area contributed by atoms with Gasteiger partial charge in [-0.15, -0.1) is 0 Å². The molecule has 3 heteroatoms. The first-order valence-electron chi connectivity index (χ1n) is 5.74.